The summed E-state index contributed by atoms with van der Waals surface area (Å²) in [5.74, 6) is 0.911. The molecule has 2 rings (SSSR count). The molecule has 5 heteroatoms. The molecule has 0 radical (unpaired) electrons. The third-order valence-corrected chi connectivity index (χ3v) is 3.62. The number of benzene rings is 1. The van der Waals surface area contributed by atoms with Gasteiger partial charge in [0.25, 0.3) is 0 Å². The van der Waals surface area contributed by atoms with Crippen LogP contribution in [-0.2, 0) is 4.79 Å². The maximum absolute atomic E-state index is 11.8. The minimum absolute atomic E-state index is 0.136. The number of hydrogen-bond acceptors (Lipinski definition) is 3. The van der Waals surface area contributed by atoms with E-state index in [-0.39, 0.29) is 11.9 Å². The first-order chi connectivity index (χ1) is 8.11. The van der Waals surface area contributed by atoms with Crippen molar-refractivity contribution < 1.29 is 9.53 Å². The third kappa shape index (κ3) is 2.54. The highest BCUT2D eigenvalue weighted by molar-refractivity contribution is 9.10. The van der Waals surface area contributed by atoms with E-state index < -0.39 is 0 Å². The third-order valence-electron chi connectivity index (χ3n) is 2.93. The minimum Gasteiger partial charge on any atom is -0.497 e. The Balaban J connectivity index is 2.15. The van der Waals surface area contributed by atoms with E-state index in [9.17, 15) is 4.79 Å². The zero-order valence-electron chi connectivity index (χ0n) is 9.87. The van der Waals surface area contributed by atoms with Gasteiger partial charge in [0.1, 0.15) is 11.8 Å². The standard InChI is InChI=1S/C12H15BrN2O2/c1-15-6-5-10(12(15)16)14-11-7-8(17-2)3-4-9(11)13/h3-4,7,10,14H,5-6H2,1-2H3. The number of likely N-dealkylation sites (tertiary alicyclic amines) is 1. The molecule has 1 unspecified atom stereocenters. The SMILES string of the molecule is COc1ccc(Br)c(NC2CCN(C)C2=O)c1. The van der Waals surface area contributed by atoms with Gasteiger partial charge < -0.3 is 15.0 Å². The summed E-state index contributed by atoms with van der Waals surface area (Å²) in [6.07, 6.45) is 0.832. The lowest BCUT2D eigenvalue weighted by Gasteiger charge is -2.15. The van der Waals surface area contributed by atoms with E-state index in [0.717, 1.165) is 28.9 Å². The van der Waals surface area contributed by atoms with E-state index >= 15 is 0 Å². The Morgan fingerprint density at radius 3 is 2.88 bits per heavy atom. The molecule has 1 aromatic carbocycles. The number of ether oxygens (including phenoxy) is 1. The number of anilines is 1. The molecule has 17 heavy (non-hydrogen) atoms. The van der Waals surface area contributed by atoms with Crippen molar-refractivity contribution in [2.45, 2.75) is 12.5 Å². The molecule has 1 amide bonds. The fourth-order valence-corrected chi connectivity index (χ4v) is 2.25. The number of carbonyl (C=O) groups is 1. The van der Waals surface area contributed by atoms with Gasteiger partial charge in [-0.1, -0.05) is 0 Å². The van der Waals surface area contributed by atoms with Crippen molar-refractivity contribution in [2.75, 3.05) is 26.0 Å². The first-order valence-electron chi connectivity index (χ1n) is 5.47. The topological polar surface area (TPSA) is 41.6 Å². The van der Waals surface area contributed by atoms with Crippen molar-refractivity contribution in [3.63, 3.8) is 0 Å². The average molecular weight is 299 g/mol. The summed E-state index contributed by atoms with van der Waals surface area (Å²) in [4.78, 5) is 13.5. The smallest absolute Gasteiger partial charge is 0.244 e. The number of nitrogens with zero attached hydrogens (tertiary/aromatic N) is 1. The molecule has 1 aromatic rings. The van der Waals surface area contributed by atoms with Crippen LogP contribution in [0.3, 0.4) is 0 Å². The number of halogens is 1. The van der Waals surface area contributed by atoms with Gasteiger partial charge in [-0.2, -0.15) is 0 Å². The molecule has 1 aliphatic rings. The molecule has 1 N–H and O–H groups in total. The van der Waals surface area contributed by atoms with Crippen molar-refractivity contribution in [1.29, 1.82) is 0 Å². The molecule has 4 nitrogen and oxygen atoms in total. The molecule has 0 bridgehead atoms. The molecule has 1 aliphatic heterocycles. The first kappa shape index (κ1) is 12.2. The van der Waals surface area contributed by atoms with Crippen LogP contribution in [0.4, 0.5) is 5.69 Å². The monoisotopic (exact) mass is 298 g/mol. The van der Waals surface area contributed by atoms with Crippen molar-refractivity contribution in [3.05, 3.63) is 22.7 Å². The second-order valence-corrected chi connectivity index (χ2v) is 4.95. The minimum atomic E-state index is -0.136. The van der Waals surface area contributed by atoms with Crippen molar-refractivity contribution >= 4 is 27.5 Å². The zero-order chi connectivity index (χ0) is 12.4. The van der Waals surface area contributed by atoms with Crippen LogP contribution in [0.2, 0.25) is 0 Å². The Bertz CT molecular complexity index is 437. The highest BCUT2D eigenvalue weighted by Crippen LogP contribution is 2.28. The maximum Gasteiger partial charge on any atom is 0.244 e. The normalized spacial score (nSPS) is 19.6. The fourth-order valence-electron chi connectivity index (χ4n) is 1.89. The predicted octanol–water partition coefficient (Wildman–Crippen LogP) is 2.10. The Labute approximate surface area is 109 Å². The second-order valence-electron chi connectivity index (χ2n) is 4.09. The highest BCUT2D eigenvalue weighted by atomic mass is 79.9. The van der Waals surface area contributed by atoms with Gasteiger partial charge in [-0.25, -0.2) is 0 Å². The van der Waals surface area contributed by atoms with Crippen LogP contribution in [-0.4, -0.2) is 37.6 Å². The molecule has 0 spiro atoms. The number of nitrogens with one attached hydrogen (secondary N) is 1. The van der Waals surface area contributed by atoms with Gasteiger partial charge in [-0.15, -0.1) is 0 Å². The lowest BCUT2D eigenvalue weighted by Crippen LogP contribution is -2.31. The Morgan fingerprint density at radius 1 is 1.53 bits per heavy atom. The Morgan fingerprint density at radius 2 is 2.29 bits per heavy atom. The molecule has 1 fully saturated rings. The molecule has 0 saturated carbocycles. The van der Waals surface area contributed by atoms with Crippen LogP contribution in [0.25, 0.3) is 0 Å². The van der Waals surface area contributed by atoms with Crippen LogP contribution >= 0.6 is 15.9 Å². The molecule has 1 atom stereocenters. The lowest BCUT2D eigenvalue weighted by atomic mass is 10.2. The van der Waals surface area contributed by atoms with E-state index in [1.54, 1.807) is 12.0 Å². The molecular formula is C12H15BrN2O2. The van der Waals surface area contributed by atoms with Gasteiger partial charge in [0.15, 0.2) is 0 Å². The van der Waals surface area contributed by atoms with E-state index in [1.807, 2.05) is 25.2 Å². The maximum atomic E-state index is 11.8. The largest absolute Gasteiger partial charge is 0.497 e. The number of carbonyl (C=O) groups excluding carboxylic acids is 1. The van der Waals surface area contributed by atoms with Gasteiger partial charge in [0.05, 0.1) is 12.8 Å². The molecule has 0 aromatic heterocycles. The van der Waals surface area contributed by atoms with Crippen molar-refractivity contribution in [1.82, 2.24) is 4.90 Å². The molecule has 1 heterocycles. The summed E-state index contributed by atoms with van der Waals surface area (Å²) in [5, 5.41) is 3.25. The van der Waals surface area contributed by atoms with Gasteiger partial charge in [0, 0.05) is 24.1 Å². The van der Waals surface area contributed by atoms with Gasteiger partial charge in [-0.3, -0.25) is 4.79 Å². The van der Waals surface area contributed by atoms with Crippen molar-refractivity contribution in [2.24, 2.45) is 0 Å². The molecule has 1 saturated heterocycles. The number of amides is 1. The summed E-state index contributed by atoms with van der Waals surface area (Å²) in [5.41, 5.74) is 0.887. The molecular weight excluding hydrogens is 284 g/mol. The number of methoxy groups -OCH3 is 1. The number of likely N-dealkylation sites (N-methyl/N-ethyl adjacent to an activating group) is 1. The second kappa shape index (κ2) is 4.96. The van der Waals surface area contributed by atoms with Crippen LogP contribution in [0, 0.1) is 0 Å². The molecule has 92 valence electrons. The van der Waals surface area contributed by atoms with E-state index in [2.05, 4.69) is 21.2 Å². The number of hydrogen-bond donors (Lipinski definition) is 1. The van der Waals surface area contributed by atoms with E-state index in [0.29, 0.717) is 0 Å². The van der Waals surface area contributed by atoms with Gasteiger partial charge in [-0.05, 0) is 34.5 Å². The number of rotatable bonds is 3. The van der Waals surface area contributed by atoms with Crippen LogP contribution in [0.5, 0.6) is 5.75 Å². The Hall–Kier alpha value is -1.23. The van der Waals surface area contributed by atoms with E-state index in [1.165, 1.54) is 0 Å². The van der Waals surface area contributed by atoms with Crippen LogP contribution in [0.15, 0.2) is 22.7 Å². The quantitative estimate of drug-likeness (QED) is 0.929. The highest BCUT2D eigenvalue weighted by Gasteiger charge is 2.29. The predicted molar refractivity (Wildman–Crippen MR) is 70.4 cm³/mol. The summed E-state index contributed by atoms with van der Waals surface area (Å²) >= 11 is 3.46. The summed E-state index contributed by atoms with van der Waals surface area (Å²) in [7, 11) is 3.45. The fraction of sp³-hybridized carbons (Fsp3) is 0.417. The van der Waals surface area contributed by atoms with Gasteiger partial charge >= 0.3 is 0 Å². The molecule has 0 aliphatic carbocycles. The van der Waals surface area contributed by atoms with Crippen molar-refractivity contribution in [3.8, 4) is 5.75 Å². The van der Waals surface area contributed by atoms with Gasteiger partial charge in [0.2, 0.25) is 5.91 Å². The van der Waals surface area contributed by atoms with Crippen LogP contribution < -0.4 is 10.1 Å². The summed E-state index contributed by atoms with van der Waals surface area (Å²) in [6, 6.07) is 5.53. The van der Waals surface area contributed by atoms with E-state index in [4.69, 9.17) is 4.74 Å². The average Bonchev–Trinajstić information content (AvgIpc) is 2.64. The summed E-state index contributed by atoms with van der Waals surface area (Å²) in [6.45, 7) is 0.804. The first-order valence-corrected chi connectivity index (χ1v) is 6.26. The summed E-state index contributed by atoms with van der Waals surface area (Å²) < 4.78 is 6.10. The lowest BCUT2D eigenvalue weighted by molar-refractivity contribution is -0.127. The zero-order valence-corrected chi connectivity index (χ0v) is 11.5. The van der Waals surface area contributed by atoms with Crippen LogP contribution in [0.1, 0.15) is 6.42 Å². The Kier molecular flexibility index (Phi) is 3.57.